The van der Waals surface area contributed by atoms with Crippen molar-refractivity contribution in [3.05, 3.63) is 39.6 Å². The summed E-state index contributed by atoms with van der Waals surface area (Å²) in [6.07, 6.45) is 4.56. The summed E-state index contributed by atoms with van der Waals surface area (Å²) in [5.74, 6) is -0.163. The lowest BCUT2D eigenvalue weighted by Gasteiger charge is -2.24. The van der Waals surface area contributed by atoms with Crippen LogP contribution in [-0.4, -0.2) is 45.5 Å². The van der Waals surface area contributed by atoms with E-state index in [9.17, 15) is 9.59 Å². The zero-order chi connectivity index (χ0) is 19.7. The second-order valence-corrected chi connectivity index (χ2v) is 8.31. The standard InChI is InChI=1S/C20H26N4O3S/c1-3-15(19-21-6-10-28-19)22-18(25)14-11-16(24-8-9-27-12-17(14)24)20(26)23-7-4-5-13(23)2/h6,10-11,13,15H,3-5,7-9,12H2,1-2H3,(H,22,25)/t13-,15?/m0/s1. The Kier molecular flexibility index (Phi) is 5.50. The average Bonchev–Trinajstić information content (AvgIpc) is 3.45. The normalized spacial score (nSPS) is 20.1. The van der Waals surface area contributed by atoms with Crippen molar-refractivity contribution < 1.29 is 14.3 Å². The molecule has 0 radical (unpaired) electrons. The largest absolute Gasteiger partial charge is 0.373 e. The van der Waals surface area contributed by atoms with Crippen LogP contribution in [0.1, 0.15) is 70.7 Å². The molecule has 0 aliphatic carbocycles. The average molecular weight is 403 g/mol. The van der Waals surface area contributed by atoms with Crippen molar-refractivity contribution in [1.82, 2.24) is 19.8 Å². The minimum absolute atomic E-state index is 0.0131. The van der Waals surface area contributed by atoms with E-state index in [1.165, 1.54) is 11.3 Å². The van der Waals surface area contributed by atoms with Crippen molar-refractivity contribution in [2.45, 2.75) is 58.3 Å². The first-order chi connectivity index (χ1) is 13.6. The van der Waals surface area contributed by atoms with E-state index < -0.39 is 0 Å². The van der Waals surface area contributed by atoms with E-state index in [0.717, 1.165) is 36.5 Å². The molecule has 28 heavy (non-hydrogen) atoms. The fourth-order valence-corrected chi connectivity index (χ4v) is 4.83. The number of carbonyl (C=O) groups is 2. The molecular weight excluding hydrogens is 376 g/mol. The third-order valence-corrected chi connectivity index (χ3v) is 6.54. The molecule has 0 aromatic carbocycles. The highest BCUT2D eigenvalue weighted by Gasteiger charge is 2.32. The molecule has 2 aromatic heterocycles. The molecule has 1 fully saturated rings. The maximum absolute atomic E-state index is 13.2. The highest BCUT2D eigenvalue weighted by Crippen LogP contribution is 2.27. The van der Waals surface area contributed by atoms with Gasteiger partial charge in [-0.05, 0) is 32.3 Å². The first-order valence-electron chi connectivity index (χ1n) is 9.91. The van der Waals surface area contributed by atoms with Gasteiger partial charge < -0.3 is 19.5 Å². The molecule has 0 spiro atoms. The second kappa shape index (κ2) is 8.05. The SMILES string of the molecule is CCC(NC(=O)c1cc(C(=O)N2CCC[C@@H]2C)n2c1COCC2)c1nccs1. The highest BCUT2D eigenvalue weighted by molar-refractivity contribution is 7.09. The lowest BCUT2D eigenvalue weighted by Crippen LogP contribution is -2.35. The molecule has 7 nitrogen and oxygen atoms in total. The predicted octanol–water partition coefficient (Wildman–Crippen LogP) is 2.98. The number of aromatic nitrogens is 2. The van der Waals surface area contributed by atoms with Crippen molar-refractivity contribution in [3.63, 3.8) is 0 Å². The molecule has 0 bridgehead atoms. The Morgan fingerprint density at radius 1 is 1.43 bits per heavy atom. The molecule has 4 rings (SSSR count). The zero-order valence-corrected chi connectivity index (χ0v) is 17.1. The van der Waals surface area contributed by atoms with E-state index in [1.54, 1.807) is 12.3 Å². The van der Waals surface area contributed by atoms with Crippen molar-refractivity contribution in [1.29, 1.82) is 0 Å². The molecule has 8 heteroatoms. The number of rotatable bonds is 5. The Labute approximate surface area is 168 Å². The van der Waals surface area contributed by atoms with Crippen LogP contribution < -0.4 is 5.32 Å². The number of nitrogens with one attached hydrogen (secondary N) is 1. The third-order valence-electron chi connectivity index (χ3n) is 5.65. The number of likely N-dealkylation sites (tertiary alicyclic amines) is 1. The van der Waals surface area contributed by atoms with Gasteiger partial charge in [-0.2, -0.15) is 0 Å². The maximum atomic E-state index is 13.2. The Morgan fingerprint density at radius 3 is 2.96 bits per heavy atom. The summed E-state index contributed by atoms with van der Waals surface area (Å²) in [5, 5.41) is 5.88. The van der Waals surface area contributed by atoms with Crippen LogP contribution in [0.5, 0.6) is 0 Å². The molecule has 1 saturated heterocycles. The van der Waals surface area contributed by atoms with Crippen molar-refractivity contribution in [3.8, 4) is 0 Å². The first-order valence-corrected chi connectivity index (χ1v) is 10.8. The van der Waals surface area contributed by atoms with E-state index in [0.29, 0.717) is 31.0 Å². The van der Waals surface area contributed by atoms with Crippen molar-refractivity contribution in [2.24, 2.45) is 0 Å². The van der Waals surface area contributed by atoms with Gasteiger partial charge in [-0.1, -0.05) is 6.92 Å². The minimum atomic E-state index is -0.176. The number of carbonyl (C=O) groups excluding carboxylic acids is 2. The molecule has 1 unspecified atom stereocenters. The van der Waals surface area contributed by atoms with Crippen LogP contribution in [0.25, 0.3) is 0 Å². The molecule has 2 aliphatic rings. The van der Waals surface area contributed by atoms with Gasteiger partial charge in [-0.3, -0.25) is 9.59 Å². The Morgan fingerprint density at radius 2 is 2.29 bits per heavy atom. The number of nitrogens with zero attached hydrogens (tertiary/aromatic N) is 3. The van der Waals surface area contributed by atoms with Gasteiger partial charge in [0.05, 0.1) is 30.5 Å². The fraction of sp³-hybridized carbons (Fsp3) is 0.550. The molecule has 2 amide bonds. The van der Waals surface area contributed by atoms with Crippen LogP contribution in [0.2, 0.25) is 0 Å². The quantitative estimate of drug-likeness (QED) is 0.834. The molecule has 2 atom stereocenters. The number of hydrogen-bond acceptors (Lipinski definition) is 5. The second-order valence-electron chi connectivity index (χ2n) is 7.39. The van der Waals surface area contributed by atoms with Gasteiger partial charge in [-0.15, -0.1) is 11.3 Å². The number of hydrogen-bond donors (Lipinski definition) is 1. The zero-order valence-electron chi connectivity index (χ0n) is 16.3. The summed E-state index contributed by atoms with van der Waals surface area (Å²) in [5.41, 5.74) is 1.91. The summed E-state index contributed by atoms with van der Waals surface area (Å²) in [7, 11) is 0. The van der Waals surface area contributed by atoms with Crippen LogP contribution in [0, 0.1) is 0 Å². The van der Waals surface area contributed by atoms with Gasteiger partial charge in [0.25, 0.3) is 11.8 Å². The van der Waals surface area contributed by atoms with Crippen molar-refractivity contribution in [2.75, 3.05) is 13.2 Å². The topological polar surface area (TPSA) is 76.5 Å². The summed E-state index contributed by atoms with van der Waals surface area (Å²) in [6, 6.07) is 1.86. The first kappa shape index (κ1) is 19.1. The molecule has 0 saturated carbocycles. The smallest absolute Gasteiger partial charge is 0.270 e. The van der Waals surface area contributed by atoms with Crippen LogP contribution in [-0.2, 0) is 17.9 Å². The van der Waals surface area contributed by atoms with Crippen molar-refractivity contribution >= 4 is 23.2 Å². The summed E-state index contributed by atoms with van der Waals surface area (Å²) in [6.45, 7) is 6.38. The monoisotopic (exact) mass is 402 g/mol. The Bertz CT molecular complexity index is 861. The van der Waals surface area contributed by atoms with E-state index in [4.69, 9.17) is 4.74 Å². The van der Waals surface area contributed by atoms with Gasteiger partial charge in [0, 0.05) is 30.7 Å². The van der Waals surface area contributed by atoms with Crippen LogP contribution in [0.3, 0.4) is 0 Å². The Balaban J connectivity index is 1.63. The van der Waals surface area contributed by atoms with E-state index in [1.807, 2.05) is 21.8 Å². The molecule has 4 heterocycles. The van der Waals surface area contributed by atoms with Gasteiger partial charge in [0.1, 0.15) is 10.7 Å². The van der Waals surface area contributed by atoms with Crippen LogP contribution in [0.4, 0.5) is 0 Å². The van der Waals surface area contributed by atoms with Gasteiger partial charge in [0.2, 0.25) is 0 Å². The van der Waals surface area contributed by atoms with E-state index in [2.05, 4.69) is 17.2 Å². The van der Waals surface area contributed by atoms with Gasteiger partial charge in [-0.25, -0.2) is 4.98 Å². The Hall–Kier alpha value is -2.19. The molecular formula is C20H26N4O3S. The van der Waals surface area contributed by atoms with Crippen LogP contribution in [0.15, 0.2) is 17.6 Å². The predicted molar refractivity (Wildman–Crippen MR) is 106 cm³/mol. The summed E-state index contributed by atoms with van der Waals surface area (Å²) < 4.78 is 7.56. The lowest BCUT2D eigenvalue weighted by molar-refractivity contribution is 0.0683. The lowest BCUT2D eigenvalue weighted by atomic mass is 10.1. The van der Waals surface area contributed by atoms with Gasteiger partial charge >= 0.3 is 0 Å². The number of fused-ring (bicyclic) bond motifs is 1. The van der Waals surface area contributed by atoms with Gasteiger partial charge in [0.15, 0.2) is 0 Å². The number of amides is 2. The summed E-state index contributed by atoms with van der Waals surface area (Å²) in [4.78, 5) is 32.5. The van der Waals surface area contributed by atoms with Crippen LogP contribution >= 0.6 is 11.3 Å². The minimum Gasteiger partial charge on any atom is -0.373 e. The van der Waals surface area contributed by atoms with E-state index in [-0.39, 0.29) is 23.9 Å². The number of ether oxygens (including phenoxy) is 1. The molecule has 2 aliphatic heterocycles. The molecule has 2 aromatic rings. The number of thiazole rings is 1. The highest BCUT2D eigenvalue weighted by atomic mass is 32.1. The maximum Gasteiger partial charge on any atom is 0.270 e. The molecule has 150 valence electrons. The fourth-order valence-electron chi connectivity index (χ4n) is 4.06. The molecule has 1 N–H and O–H groups in total. The van der Waals surface area contributed by atoms with E-state index >= 15 is 0 Å². The third kappa shape index (κ3) is 3.46. The summed E-state index contributed by atoms with van der Waals surface area (Å²) >= 11 is 1.53.